The molecule has 3 aromatic carbocycles. The lowest BCUT2D eigenvalue weighted by Crippen LogP contribution is -1.95. The van der Waals surface area contributed by atoms with Gasteiger partial charge in [-0.15, -0.1) is 0 Å². The molecule has 0 radical (unpaired) electrons. The molecule has 126 valence electrons. The van der Waals surface area contributed by atoms with Crippen LogP contribution in [0.3, 0.4) is 0 Å². The van der Waals surface area contributed by atoms with Gasteiger partial charge in [0.05, 0.1) is 12.8 Å². The summed E-state index contributed by atoms with van der Waals surface area (Å²) in [4.78, 5) is 4.48. The van der Waals surface area contributed by atoms with Gasteiger partial charge in [0.15, 0.2) is 0 Å². The lowest BCUT2D eigenvalue weighted by molar-refractivity contribution is 0.306. The third kappa shape index (κ3) is 4.95. The summed E-state index contributed by atoms with van der Waals surface area (Å²) in [5, 5.41) is 0. The Kier molecular flexibility index (Phi) is 5.47. The third-order valence-electron chi connectivity index (χ3n) is 3.82. The van der Waals surface area contributed by atoms with E-state index in [-0.39, 0.29) is 0 Å². The first kappa shape index (κ1) is 16.8. The molecule has 3 aromatic rings. The minimum atomic E-state index is 0.555. The van der Waals surface area contributed by atoms with Crippen molar-refractivity contribution in [2.24, 2.45) is 4.99 Å². The van der Waals surface area contributed by atoms with E-state index in [4.69, 9.17) is 9.47 Å². The van der Waals surface area contributed by atoms with Crippen molar-refractivity contribution in [2.75, 3.05) is 7.11 Å². The normalized spacial score (nSPS) is 10.8. The molecule has 0 N–H and O–H groups in total. The van der Waals surface area contributed by atoms with Gasteiger partial charge >= 0.3 is 0 Å². The highest BCUT2D eigenvalue weighted by molar-refractivity contribution is 5.82. The van der Waals surface area contributed by atoms with Gasteiger partial charge in [-0.1, -0.05) is 42.0 Å². The summed E-state index contributed by atoms with van der Waals surface area (Å²) in [6.07, 6.45) is 1.83. The summed E-state index contributed by atoms with van der Waals surface area (Å²) < 4.78 is 11.0. The molecule has 0 fully saturated rings. The maximum atomic E-state index is 5.88. The number of aliphatic imine (C=N–C) groups is 1. The van der Waals surface area contributed by atoms with Crippen molar-refractivity contribution in [1.82, 2.24) is 0 Å². The number of methoxy groups -OCH3 is 1. The largest absolute Gasteiger partial charge is 0.497 e. The summed E-state index contributed by atoms with van der Waals surface area (Å²) in [5.41, 5.74) is 4.28. The second-order valence-electron chi connectivity index (χ2n) is 5.80. The van der Waals surface area contributed by atoms with Crippen LogP contribution in [0.1, 0.15) is 16.7 Å². The van der Waals surface area contributed by atoms with Gasteiger partial charge < -0.3 is 9.47 Å². The zero-order valence-electron chi connectivity index (χ0n) is 14.5. The summed E-state index contributed by atoms with van der Waals surface area (Å²) in [7, 11) is 1.65. The second kappa shape index (κ2) is 8.15. The maximum Gasteiger partial charge on any atom is 0.120 e. The Labute approximate surface area is 148 Å². The van der Waals surface area contributed by atoms with E-state index in [9.17, 15) is 0 Å². The van der Waals surface area contributed by atoms with Crippen LogP contribution in [0.2, 0.25) is 0 Å². The predicted molar refractivity (Wildman–Crippen MR) is 102 cm³/mol. The molecule has 0 heterocycles. The van der Waals surface area contributed by atoms with Crippen LogP contribution in [0.5, 0.6) is 11.5 Å². The van der Waals surface area contributed by atoms with Crippen molar-refractivity contribution in [3.05, 3.63) is 89.5 Å². The summed E-state index contributed by atoms with van der Waals surface area (Å²) in [6, 6.07) is 23.9. The van der Waals surface area contributed by atoms with Crippen molar-refractivity contribution in [3.8, 4) is 11.5 Å². The first-order valence-electron chi connectivity index (χ1n) is 8.19. The lowest BCUT2D eigenvalue weighted by atomic mass is 10.2. The van der Waals surface area contributed by atoms with Gasteiger partial charge in [-0.25, -0.2) is 0 Å². The minimum Gasteiger partial charge on any atom is -0.497 e. The molecule has 0 aliphatic heterocycles. The van der Waals surface area contributed by atoms with Crippen LogP contribution >= 0.6 is 0 Å². The molecule has 0 saturated carbocycles. The molecule has 3 nitrogen and oxygen atoms in total. The Morgan fingerprint density at radius 3 is 2.36 bits per heavy atom. The Morgan fingerprint density at radius 1 is 0.880 bits per heavy atom. The van der Waals surface area contributed by atoms with Gasteiger partial charge in [-0.2, -0.15) is 0 Å². The molecule has 3 heteroatoms. The molecule has 3 rings (SSSR count). The van der Waals surface area contributed by atoms with Crippen molar-refractivity contribution >= 4 is 11.9 Å². The molecule has 0 amide bonds. The van der Waals surface area contributed by atoms with Crippen LogP contribution in [-0.2, 0) is 6.61 Å². The van der Waals surface area contributed by atoms with E-state index < -0.39 is 0 Å². The number of aryl methyl sites for hydroxylation is 1. The smallest absolute Gasteiger partial charge is 0.120 e. The minimum absolute atomic E-state index is 0.555. The third-order valence-corrected chi connectivity index (χ3v) is 3.82. The zero-order valence-corrected chi connectivity index (χ0v) is 14.5. The molecule has 0 saturated heterocycles. The standard InChI is InChI=1S/C22H21NO2/c1-17-6-8-18(9-7-17)16-25-22-5-3-4-19(14-22)15-23-20-10-12-21(24-2)13-11-20/h3-15H,16H2,1-2H3. The highest BCUT2D eigenvalue weighted by atomic mass is 16.5. The molecule has 0 spiro atoms. The molecule has 0 atom stereocenters. The Bertz CT molecular complexity index is 837. The predicted octanol–water partition coefficient (Wildman–Crippen LogP) is 5.33. The van der Waals surface area contributed by atoms with Crippen LogP contribution in [0, 0.1) is 6.92 Å². The number of hydrogen-bond donors (Lipinski definition) is 0. The van der Waals surface area contributed by atoms with E-state index in [0.717, 1.165) is 28.3 Å². The fraction of sp³-hybridized carbons (Fsp3) is 0.136. The molecule has 0 aliphatic carbocycles. The van der Waals surface area contributed by atoms with Gasteiger partial charge in [-0.05, 0) is 54.4 Å². The highest BCUT2D eigenvalue weighted by Gasteiger charge is 1.98. The molecule has 0 aliphatic rings. The van der Waals surface area contributed by atoms with Crippen LogP contribution in [-0.4, -0.2) is 13.3 Å². The monoisotopic (exact) mass is 331 g/mol. The van der Waals surface area contributed by atoms with Crippen LogP contribution in [0.25, 0.3) is 0 Å². The van der Waals surface area contributed by atoms with Crippen LogP contribution in [0.4, 0.5) is 5.69 Å². The average molecular weight is 331 g/mol. The van der Waals surface area contributed by atoms with E-state index in [0.29, 0.717) is 6.61 Å². The Balaban J connectivity index is 1.64. The lowest BCUT2D eigenvalue weighted by Gasteiger charge is -2.07. The molecular formula is C22H21NO2. The summed E-state index contributed by atoms with van der Waals surface area (Å²) in [5.74, 6) is 1.66. The molecule has 25 heavy (non-hydrogen) atoms. The number of benzene rings is 3. The molecular weight excluding hydrogens is 310 g/mol. The Hall–Kier alpha value is -3.07. The van der Waals surface area contributed by atoms with Crippen LogP contribution < -0.4 is 9.47 Å². The highest BCUT2D eigenvalue weighted by Crippen LogP contribution is 2.19. The summed E-state index contributed by atoms with van der Waals surface area (Å²) >= 11 is 0. The number of ether oxygens (including phenoxy) is 2. The average Bonchev–Trinajstić information content (AvgIpc) is 2.67. The topological polar surface area (TPSA) is 30.8 Å². The summed E-state index contributed by atoms with van der Waals surface area (Å²) in [6.45, 7) is 2.63. The van der Waals surface area contributed by atoms with Crippen molar-refractivity contribution in [3.63, 3.8) is 0 Å². The first-order chi connectivity index (χ1) is 12.2. The first-order valence-corrected chi connectivity index (χ1v) is 8.19. The van der Waals surface area contributed by atoms with Crippen molar-refractivity contribution < 1.29 is 9.47 Å². The fourth-order valence-electron chi connectivity index (χ4n) is 2.35. The molecule has 0 aromatic heterocycles. The van der Waals surface area contributed by atoms with Gasteiger partial charge in [0.25, 0.3) is 0 Å². The van der Waals surface area contributed by atoms with Crippen LogP contribution in [0.15, 0.2) is 77.8 Å². The maximum absolute atomic E-state index is 5.88. The quantitative estimate of drug-likeness (QED) is 0.571. The van der Waals surface area contributed by atoms with Gasteiger partial charge in [-0.3, -0.25) is 4.99 Å². The van der Waals surface area contributed by atoms with Crippen molar-refractivity contribution in [2.45, 2.75) is 13.5 Å². The zero-order chi connectivity index (χ0) is 17.5. The van der Waals surface area contributed by atoms with Gasteiger partial charge in [0.2, 0.25) is 0 Å². The van der Waals surface area contributed by atoms with E-state index >= 15 is 0 Å². The molecule has 0 unspecified atom stereocenters. The van der Waals surface area contributed by atoms with E-state index in [2.05, 4.69) is 36.2 Å². The Morgan fingerprint density at radius 2 is 1.64 bits per heavy atom. The number of nitrogens with zero attached hydrogens (tertiary/aromatic N) is 1. The molecule has 0 bridgehead atoms. The SMILES string of the molecule is COc1ccc(N=Cc2cccc(OCc3ccc(C)cc3)c2)cc1. The second-order valence-corrected chi connectivity index (χ2v) is 5.80. The van der Waals surface area contributed by atoms with E-state index in [1.165, 1.54) is 5.56 Å². The fourth-order valence-corrected chi connectivity index (χ4v) is 2.35. The van der Waals surface area contributed by atoms with Gasteiger partial charge in [0, 0.05) is 6.21 Å². The van der Waals surface area contributed by atoms with Gasteiger partial charge in [0.1, 0.15) is 18.1 Å². The van der Waals surface area contributed by atoms with Crippen molar-refractivity contribution in [1.29, 1.82) is 0 Å². The number of rotatable bonds is 6. The van der Waals surface area contributed by atoms with E-state index in [1.807, 2.05) is 54.7 Å². The number of hydrogen-bond acceptors (Lipinski definition) is 3. The van der Waals surface area contributed by atoms with E-state index in [1.54, 1.807) is 7.11 Å².